The number of hydrogen-bond acceptors (Lipinski definition) is 6. The van der Waals surface area contributed by atoms with Gasteiger partial charge in [-0.2, -0.15) is 0 Å². The third-order valence-corrected chi connectivity index (χ3v) is 6.18. The van der Waals surface area contributed by atoms with Gasteiger partial charge in [0.25, 0.3) is 0 Å². The molecule has 2 rings (SSSR count). The van der Waals surface area contributed by atoms with E-state index in [1.54, 1.807) is 7.11 Å². The molecule has 1 aliphatic heterocycles. The molecule has 0 aromatic heterocycles. The first-order valence-electron chi connectivity index (χ1n) is 10.2. The Bertz CT molecular complexity index is 820. The molecule has 1 atom stereocenters. The third kappa shape index (κ3) is 11.0. The van der Waals surface area contributed by atoms with Gasteiger partial charge < -0.3 is 25.4 Å². The number of anilines is 1. The van der Waals surface area contributed by atoms with Crippen molar-refractivity contribution in [1.82, 2.24) is 10.6 Å². The minimum Gasteiger partial charge on any atom is -0.493 e. The van der Waals surface area contributed by atoms with Gasteiger partial charge in [-0.25, -0.2) is 8.42 Å². The van der Waals surface area contributed by atoms with Gasteiger partial charge in [0.05, 0.1) is 24.7 Å². The Morgan fingerprint density at radius 3 is 2.77 bits per heavy atom. The van der Waals surface area contributed by atoms with E-state index in [0.29, 0.717) is 32.1 Å². The van der Waals surface area contributed by atoms with Crippen LogP contribution in [0.15, 0.2) is 29.3 Å². The summed E-state index contributed by atoms with van der Waals surface area (Å²) in [6, 6.07) is 7.27. The lowest BCUT2D eigenvalue weighted by atomic mass is 10.2. The lowest BCUT2D eigenvalue weighted by Gasteiger charge is -2.13. The molecule has 11 heteroatoms. The Kier molecular flexibility index (Phi) is 12.8. The SMILES string of the molecule is CCNC(=NCCC(=O)NC1CCS(=O)(=O)C1)Nc1cccc(OCCCOC)c1.I. The molecule has 3 N–H and O–H groups in total. The molecule has 1 aromatic rings. The summed E-state index contributed by atoms with van der Waals surface area (Å²) in [5.74, 6) is 1.28. The number of ether oxygens (including phenoxy) is 2. The standard InChI is InChI=1S/C20H32N4O5S.HI/c1-3-21-20(22-10-8-19(25)23-17-9-13-30(26,27)15-17)24-16-6-4-7-18(14-16)29-12-5-11-28-2;/h4,6-7,14,17H,3,5,8-13,15H2,1-2H3,(H,23,25)(H2,21,22,24);1H. The van der Waals surface area contributed by atoms with Crippen LogP contribution in [0.5, 0.6) is 5.75 Å². The van der Waals surface area contributed by atoms with Crippen molar-refractivity contribution in [3.63, 3.8) is 0 Å². The van der Waals surface area contributed by atoms with Crippen LogP contribution in [-0.4, -0.2) is 71.2 Å². The fourth-order valence-corrected chi connectivity index (χ4v) is 4.65. The Balaban J connectivity index is 0.00000480. The molecule has 0 radical (unpaired) electrons. The summed E-state index contributed by atoms with van der Waals surface area (Å²) in [6.07, 6.45) is 1.48. The number of rotatable bonds is 11. The van der Waals surface area contributed by atoms with Crippen LogP contribution in [-0.2, 0) is 19.4 Å². The van der Waals surface area contributed by atoms with E-state index in [1.165, 1.54) is 0 Å². The van der Waals surface area contributed by atoms with Gasteiger partial charge in [0.2, 0.25) is 5.91 Å². The molecule has 1 heterocycles. The monoisotopic (exact) mass is 568 g/mol. The minimum atomic E-state index is -3.01. The summed E-state index contributed by atoms with van der Waals surface area (Å²) in [5, 5.41) is 9.11. The maximum absolute atomic E-state index is 12.1. The van der Waals surface area contributed by atoms with Gasteiger partial charge >= 0.3 is 0 Å². The first-order chi connectivity index (χ1) is 14.4. The second kappa shape index (κ2) is 14.5. The topological polar surface area (TPSA) is 118 Å². The zero-order valence-electron chi connectivity index (χ0n) is 18.1. The van der Waals surface area contributed by atoms with Crippen molar-refractivity contribution in [2.45, 2.75) is 32.2 Å². The van der Waals surface area contributed by atoms with Crippen molar-refractivity contribution in [3.8, 4) is 5.75 Å². The van der Waals surface area contributed by atoms with Crippen molar-refractivity contribution >= 4 is 51.4 Å². The zero-order valence-corrected chi connectivity index (χ0v) is 21.2. The second-order valence-electron chi connectivity index (χ2n) is 7.03. The molecule has 1 unspecified atom stereocenters. The molecule has 0 saturated carbocycles. The van der Waals surface area contributed by atoms with Gasteiger partial charge in [-0.1, -0.05) is 6.07 Å². The Morgan fingerprint density at radius 2 is 2.10 bits per heavy atom. The van der Waals surface area contributed by atoms with Crippen molar-refractivity contribution in [3.05, 3.63) is 24.3 Å². The number of benzene rings is 1. The molecule has 0 aliphatic carbocycles. The highest BCUT2D eigenvalue weighted by Gasteiger charge is 2.28. The number of halogens is 1. The number of sulfone groups is 1. The number of methoxy groups -OCH3 is 1. The summed E-state index contributed by atoms with van der Waals surface area (Å²) in [6.45, 7) is 4.14. The van der Waals surface area contributed by atoms with Crippen molar-refractivity contribution in [2.75, 3.05) is 50.2 Å². The fourth-order valence-electron chi connectivity index (χ4n) is 2.98. The van der Waals surface area contributed by atoms with E-state index in [2.05, 4.69) is 20.9 Å². The Labute approximate surface area is 201 Å². The molecule has 1 amide bonds. The Hall–Kier alpha value is -1.60. The highest BCUT2D eigenvalue weighted by Crippen LogP contribution is 2.17. The maximum Gasteiger partial charge on any atom is 0.222 e. The number of carbonyl (C=O) groups excluding carboxylic acids is 1. The zero-order chi connectivity index (χ0) is 21.8. The molecule has 1 saturated heterocycles. The number of carbonyl (C=O) groups is 1. The van der Waals surface area contributed by atoms with Gasteiger partial charge in [0.15, 0.2) is 15.8 Å². The lowest BCUT2D eigenvalue weighted by molar-refractivity contribution is -0.121. The maximum atomic E-state index is 12.1. The van der Waals surface area contributed by atoms with E-state index in [4.69, 9.17) is 9.47 Å². The van der Waals surface area contributed by atoms with Crippen LogP contribution in [0.4, 0.5) is 5.69 Å². The van der Waals surface area contributed by atoms with Crippen LogP contribution in [0.1, 0.15) is 26.2 Å². The summed E-state index contributed by atoms with van der Waals surface area (Å²) in [7, 11) is -1.35. The highest BCUT2D eigenvalue weighted by atomic mass is 127. The summed E-state index contributed by atoms with van der Waals surface area (Å²) >= 11 is 0. The predicted octanol–water partition coefficient (Wildman–Crippen LogP) is 1.79. The molecule has 1 aromatic carbocycles. The van der Waals surface area contributed by atoms with Crippen molar-refractivity contribution < 1.29 is 22.7 Å². The van der Waals surface area contributed by atoms with Gasteiger partial charge in [-0.05, 0) is 25.5 Å². The summed E-state index contributed by atoms with van der Waals surface area (Å²) in [5.41, 5.74) is 0.819. The quantitative estimate of drug-likeness (QED) is 0.161. The van der Waals surface area contributed by atoms with E-state index in [0.717, 1.165) is 17.9 Å². The van der Waals surface area contributed by atoms with E-state index in [-0.39, 0.29) is 60.4 Å². The van der Waals surface area contributed by atoms with Crippen LogP contribution in [0.25, 0.3) is 0 Å². The van der Waals surface area contributed by atoms with Gasteiger partial charge in [0.1, 0.15) is 5.75 Å². The van der Waals surface area contributed by atoms with Gasteiger partial charge in [0, 0.05) is 50.9 Å². The van der Waals surface area contributed by atoms with Crippen molar-refractivity contribution in [1.29, 1.82) is 0 Å². The summed E-state index contributed by atoms with van der Waals surface area (Å²) in [4.78, 5) is 16.5. The molecule has 31 heavy (non-hydrogen) atoms. The molecule has 1 fully saturated rings. The summed E-state index contributed by atoms with van der Waals surface area (Å²) < 4.78 is 33.7. The second-order valence-corrected chi connectivity index (χ2v) is 9.25. The highest BCUT2D eigenvalue weighted by molar-refractivity contribution is 14.0. The molecule has 1 aliphatic rings. The van der Waals surface area contributed by atoms with E-state index in [1.807, 2.05) is 31.2 Å². The number of aliphatic imine (C=N–C) groups is 1. The lowest BCUT2D eigenvalue weighted by Crippen LogP contribution is -2.36. The molecular weight excluding hydrogens is 535 g/mol. The third-order valence-electron chi connectivity index (χ3n) is 4.41. The average molecular weight is 568 g/mol. The molecule has 0 bridgehead atoms. The smallest absolute Gasteiger partial charge is 0.222 e. The van der Waals surface area contributed by atoms with Crippen LogP contribution >= 0.6 is 24.0 Å². The first kappa shape index (κ1) is 27.4. The number of hydrogen-bond donors (Lipinski definition) is 3. The number of guanidine groups is 1. The largest absolute Gasteiger partial charge is 0.493 e. The predicted molar refractivity (Wildman–Crippen MR) is 133 cm³/mol. The van der Waals surface area contributed by atoms with Crippen LogP contribution in [0.3, 0.4) is 0 Å². The number of amides is 1. The molecule has 176 valence electrons. The van der Waals surface area contributed by atoms with E-state index >= 15 is 0 Å². The van der Waals surface area contributed by atoms with Gasteiger partial charge in [-0.3, -0.25) is 9.79 Å². The van der Waals surface area contributed by atoms with E-state index in [9.17, 15) is 13.2 Å². The molecular formula is C20H33IN4O5S. The number of nitrogens with one attached hydrogen (secondary N) is 3. The molecule has 9 nitrogen and oxygen atoms in total. The van der Waals surface area contributed by atoms with Gasteiger partial charge in [-0.15, -0.1) is 24.0 Å². The normalized spacial score (nSPS) is 17.5. The Morgan fingerprint density at radius 1 is 1.29 bits per heavy atom. The fraction of sp³-hybridized carbons (Fsp3) is 0.600. The van der Waals surface area contributed by atoms with Crippen LogP contribution in [0.2, 0.25) is 0 Å². The average Bonchev–Trinajstić information content (AvgIpc) is 3.04. The van der Waals surface area contributed by atoms with Crippen LogP contribution in [0, 0.1) is 0 Å². The molecule has 0 spiro atoms. The first-order valence-corrected chi connectivity index (χ1v) is 12.0. The van der Waals surface area contributed by atoms with Crippen LogP contribution < -0.4 is 20.7 Å². The minimum absolute atomic E-state index is 0. The van der Waals surface area contributed by atoms with Crippen molar-refractivity contribution in [2.24, 2.45) is 4.99 Å². The number of nitrogens with zero attached hydrogens (tertiary/aromatic N) is 1. The van der Waals surface area contributed by atoms with E-state index < -0.39 is 9.84 Å².